The average molecular weight is 364 g/mol. The van der Waals surface area contributed by atoms with Crippen molar-refractivity contribution in [3.8, 4) is 5.75 Å². The van der Waals surface area contributed by atoms with Gasteiger partial charge in [-0.25, -0.2) is 4.98 Å². The topological polar surface area (TPSA) is 61.5 Å². The van der Waals surface area contributed by atoms with Gasteiger partial charge in [0.2, 0.25) is 0 Å². The summed E-state index contributed by atoms with van der Waals surface area (Å²) in [6.07, 6.45) is 0. The number of ketones is 1. The lowest BCUT2D eigenvalue weighted by Gasteiger charge is -2.33. The number of hydrogen-bond acceptors (Lipinski definition) is 5. The molecule has 1 fully saturated rings. The summed E-state index contributed by atoms with van der Waals surface area (Å²) >= 11 is 0. The third-order valence-corrected chi connectivity index (χ3v) is 5.06. The quantitative estimate of drug-likeness (QED) is 0.681. The van der Waals surface area contributed by atoms with Crippen LogP contribution in [-0.2, 0) is 6.54 Å². The maximum atomic E-state index is 12.5. The highest BCUT2D eigenvalue weighted by atomic mass is 16.5. The molecule has 4 rings (SSSR count). The highest BCUT2D eigenvalue weighted by molar-refractivity contribution is 5.97. The van der Waals surface area contributed by atoms with Crippen molar-refractivity contribution in [1.29, 1.82) is 0 Å². The molecule has 2 aromatic carbocycles. The molecule has 1 saturated heterocycles. The van der Waals surface area contributed by atoms with E-state index in [4.69, 9.17) is 4.74 Å². The van der Waals surface area contributed by atoms with Crippen LogP contribution in [0.1, 0.15) is 16.2 Å². The third kappa shape index (κ3) is 4.18. The molecule has 0 atom stereocenters. The van der Waals surface area contributed by atoms with Crippen LogP contribution >= 0.6 is 0 Å². The molecule has 2 heterocycles. The summed E-state index contributed by atoms with van der Waals surface area (Å²) in [4.78, 5) is 25.1. The van der Waals surface area contributed by atoms with Crippen molar-refractivity contribution in [3.63, 3.8) is 0 Å². The number of Topliss-reactive ketones (excluding diaryl/α,β-unsaturated/α-hetero) is 1. The summed E-state index contributed by atoms with van der Waals surface area (Å²) in [6, 6.07) is 15.4. The number of carbonyl (C=O) groups is 1. The summed E-state index contributed by atoms with van der Waals surface area (Å²) in [5.74, 6) is 1.92. The van der Waals surface area contributed by atoms with E-state index in [-0.39, 0.29) is 5.78 Å². The number of carbonyl (C=O) groups excluding carboxylic acids is 1. The highest BCUT2D eigenvalue weighted by Crippen LogP contribution is 2.14. The van der Waals surface area contributed by atoms with E-state index < -0.39 is 0 Å². The molecule has 6 heteroatoms. The van der Waals surface area contributed by atoms with E-state index in [1.54, 1.807) is 7.11 Å². The lowest BCUT2D eigenvalue weighted by molar-refractivity contribution is 0.0840. The van der Waals surface area contributed by atoms with E-state index in [2.05, 4.69) is 25.8 Å². The number of fused-ring (bicyclic) bond motifs is 1. The Morgan fingerprint density at radius 1 is 1.04 bits per heavy atom. The number of methoxy groups -OCH3 is 1. The molecule has 0 saturated carbocycles. The van der Waals surface area contributed by atoms with Gasteiger partial charge in [-0.1, -0.05) is 12.1 Å². The Bertz CT molecular complexity index is 878. The maximum absolute atomic E-state index is 12.5. The number of rotatable bonds is 6. The Labute approximate surface area is 158 Å². The van der Waals surface area contributed by atoms with Crippen LogP contribution in [-0.4, -0.2) is 65.4 Å². The van der Waals surface area contributed by atoms with E-state index >= 15 is 0 Å². The molecular weight excluding hydrogens is 340 g/mol. The number of para-hydroxylation sites is 2. The van der Waals surface area contributed by atoms with Gasteiger partial charge in [-0.3, -0.25) is 14.6 Å². The van der Waals surface area contributed by atoms with Crippen molar-refractivity contribution in [3.05, 3.63) is 59.9 Å². The molecule has 1 aliphatic rings. The number of aromatic nitrogens is 2. The van der Waals surface area contributed by atoms with Crippen LogP contribution in [0.15, 0.2) is 48.5 Å². The number of benzene rings is 2. The Kier molecular flexibility index (Phi) is 5.18. The average Bonchev–Trinajstić information content (AvgIpc) is 3.12. The minimum atomic E-state index is 0.156. The van der Waals surface area contributed by atoms with Crippen LogP contribution in [0.4, 0.5) is 0 Å². The van der Waals surface area contributed by atoms with Crippen LogP contribution in [0.3, 0.4) is 0 Å². The molecule has 0 aliphatic carbocycles. The van der Waals surface area contributed by atoms with Crippen LogP contribution < -0.4 is 4.74 Å². The third-order valence-electron chi connectivity index (χ3n) is 5.06. The van der Waals surface area contributed by atoms with Crippen molar-refractivity contribution in [2.24, 2.45) is 0 Å². The van der Waals surface area contributed by atoms with E-state index in [1.807, 2.05) is 42.5 Å². The minimum Gasteiger partial charge on any atom is -0.497 e. The number of ether oxygens (including phenoxy) is 1. The van der Waals surface area contributed by atoms with Crippen molar-refractivity contribution >= 4 is 16.8 Å². The predicted octanol–water partition coefficient (Wildman–Crippen LogP) is 2.57. The lowest BCUT2D eigenvalue weighted by Crippen LogP contribution is -2.47. The molecule has 27 heavy (non-hydrogen) atoms. The van der Waals surface area contributed by atoms with Gasteiger partial charge in [-0.15, -0.1) is 0 Å². The number of hydrogen-bond donors (Lipinski definition) is 1. The first kappa shape index (κ1) is 17.7. The molecule has 1 aliphatic heterocycles. The van der Waals surface area contributed by atoms with Gasteiger partial charge in [0.1, 0.15) is 11.6 Å². The van der Waals surface area contributed by atoms with E-state index in [9.17, 15) is 4.79 Å². The van der Waals surface area contributed by atoms with Gasteiger partial charge in [0.15, 0.2) is 5.78 Å². The summed E-state index contributed by atoms with van der Waals surface area (Å²) < 4.78 is 5.14. The molecular formula is C21H24N4O2. The van der Waals surface area contributed by atoms with Gasteiger partial charge >= 0.3 is 0 Å². The fourth-order valence-corrected chi connectivity index (χ4v) is 3.47. The zero-order valence-electron chi connectivity index (χ0n) is 15.5. The number of aromatic amines is 1. The largest absolute Gasteiger partial charge is 0.497 e. The number of piperazine rings is 1. The minimum absolute atomic E-state index is 0.156. The summed E-state index contributed by atoms with van der Waals surface area (Å²) in [5, 5.41) is 0. The van der Waals surface area contributed by atoms with Gasteiger partial charge < -0.3 is 9.72 Å². The monoisotopic (exact) mass is 364 g/mol. The zero-order valence-corrected chi connectivity index (χ0v) is 15.5. The van der Waals surface area contributed by atoms with Gasteiger partial charge in [-0.05, 0) is 36.4 Å². The van der Waals surface area contributed by atoms with Gasteiger partial charge in [0, 0.05) is 31.7 Å². The van der Waals surface area contributed by atoms with Crippen molar-refractivity contribution < 1.29 is 9.53 Å². The van der Waals surface area contributed by atoms with Crippen LogP contribution in [0.2, 0.25) is 0 Å². The molecule has 0 unspecified atom stereocenters. The molecule has 0 amide bonds. The second-order valence-electron chi connectivity index (χ2n) is 6.90. The number of nitrogens with one attached hydrogen (secondary N) is 1. The molecule has 1 N–H and O–H groups in total. The standard InChI is InChI=1S/C21H24N4O2/c1-27-17-8-6-16(7-9-17)20(26)14-24-10-12-25(13-11-24)15-21-22-18-4-2-3-5-19(18)23-21/h2-9H,10-15H2,1H3,(H,22,23). The maximum Gasteiger partial charge on any atom is 0.176 e. The van der Waals surface area contributed by atoms with Crippen molar-refractivity contribution in [2.75, 3.05) is 39.8 Å². The van der Waals surface area contributed by atoms with Crippen LogP contribution in [0.25, 0.3) is 11.0 Å². The van der Waals surface area contributed by atoms with E-state index in [1.165, 1.54) is 0 Å². The number of imidazole rings is 1. The Balaban J connectivity index is 1.28. The smallest absolute Gasteiger partial charge is 0.176 e. The van der Waals surface area contributed by atoms with E-state index in [0.717, 1.165) is 60.9 Å². The molecule has 1 aromatic heterocycles. The first-order chi connectivity index (χ1) is 13.2. The first-order valence-corrected chi connectivity index (χ1v) is 9.27. The van der Waals surface area contributed by atoms with Crippen molar-refractivity contribution in [2.45, 2.75) is 6.54 Å². The summed E-state index contributed by atoms with van der Waals surface area (Å²) in [5.41, 5.74) is 2.83. The number of H-pyrrole nitrogens is 1. The summed E-state index contributed by atoms with van der Waals surface area (Å²) in [7, 11) is 1.63. The van der Waals surface area contributed by atoms with Crippen LogP contribution in [0, 0.1) is 0 Å². The predicted molar refractivity (Wildman–Crippen MR) is 105 cm³/mol. The highest BCUT2D eigenvalue weighted by Gasteiger charge is 2.20. The normalized spacial score (nSPS) is 15.9. The number of nitrogens with zero attached hydrogens (tertiary/aromatic N) is 3. The first-order valence-electron chi connectivity index (χ1n) is 9.27. The Hall–Kier alpha value is -2.70. The van der Waals surface area contributed by atoms with Gasteiger partial charge in [0.05, 0.1) is 31.2 Å². The second-order valence-corrected chi connectivity index (χ2v) is 6.90. The van der Waals surface area contributed by atoms with Crippen molar-refractivity contribution in [1.82, 2.24) is 19.8 Å². The summed E-state index contributed by atoms with van der Waals surface area (Å²) in [6.45, 7) is 4.93. The molecule has 6 nitrogen and oxygen atoms in total. The Morgan fingerprint density at radius 3 is 2.44 bits per heavy atom. The van der Waals surface area contributed by atoms with E-state index in [0.29, 0.717) is 6.54 Å². The SMILES string of the molecule is COc1ccc(C(=O)CN2CCN(Cc3nc4ccccc4[nH]3)CC2)cc1. The molecule has 0 bridgehead atoms. The molecule has 3 aromatic rings. The molecule has 0 radical (unpaired) electrons. The molecule has 140 valence electrons. The molecule has 0 spiro atoms. The fraction of sp³-hybridized carbons (Fsp3) is 0.333. The lowest BCUT2D eigenvalue weighted by atomic mass is 10.1. The zero-order chi connectivity index (χ0) is 18.6. The van der Waals surface area contributed by atoms with Crippen LogP contribution in [0.5, 0.6) is 5.75 Å². The van der Waals surface area contributed by atoms with Gasteiger partial charge in [-0.2, -0.15) is 0 Å². The fourth-order valence-electron chi connectivity index (χ4n) is 3.47. The second kappa shape index (κ2) is 7.90. The van der Waals surface area contributed by atoms with Gasteiger partial charge in [0.25, 0.3) is 0 Å². The Morgan fingerprint density at radius 2 is 1.74 bits per heavy atom.